The number of carbonyl (C=O) groups excluding carboxylic acids is 1. The first-order valence-corrected chi connectivity index (χ1v) is 10.4. The Kier molecular flexibility index (Phi) is 5.55. The Labute approximate surface area is 183 Å². The van der Waals surface area contributed by atoms with Gasteiger partial charge in [-0.2, -0.15) is 18.2 Å². The van der Waals surface area contributed by atoms with E-state index in [1.165, 1.54) is 6.07 Å². The summed E-state index contributed by atoms with van der Waals surface area (Å²) in [4.78, 5) is 30.2. The number of nitrogens with zero attached hydrogens (tertiary/aromatic N) is 5. The highest BCUT2D eigenvalue weighted by atomic mass is 19.4. The summed E-state index contributed by atoms with van der Waals surface area (Å²) in [5, 5.41) is 9.21. The van der Waals surface area contributed by atoms with E-state index in [1.807, 2.05) is 32.7 Å². The van der Waals surface area contributed by atoms with Crippen LogP contribution in [0, 0.1) is 12.8 Å². The van der Waals surface area contributed by atoms with Crippen LogP contribution < -0.4 is 20.9 Å². The van der Waals surface area contributed by atoms with Gasteiger partial charge in [0.05, 0.1) is 5.69 Å². The number of amides is 1. The molecule has 3 heterocycles. The van der Waals surface area contributed by atoms with Crippen molar-refractivity contribution in [1.29, 1.82) is 0 Å². The maximum absolute atomic E-state index is 12.8. The summed E-state index contributed by atoms with van der Waals surface area (Å²) in [7, 11) is 1.85. The van der Waals surface area contributed by atoms with Crippen molar-refractivity contribution < 1.29 is 18.0 Å². The Balaban J connectivity index is 1.40. The van der Waals surface area contributed by atoms with Crippen LogP contribution in [0.1, 0.15) is 38.2 Å². The molecule has 1 aliphatic heterocycles. The van der Waals surface area contributed by atoms with E-state index >= 15 is 0 Å². The number of halogens is 3. The van der Waals surface area contributed by atoms with Gasteiger partial charge < -0.3 is 20.9 Å². The average molecular weight is 450 g/mol. The van der Waals surface area contributed by atoms with Crippen LogP contribution in [0.2, 0.25) is 0 Å². The highest BCUT2D eigenvalue weighted by molar-refractivity contribution is 6.03. The number of fused-ring (bicyclic) bond motifs is 1. The standard InChI is InChI=1S/C20H25F3N8O/c1-9(2)15-17(32)29-14-10(3)25-19(30-16(14)31(15)4)27-12-7-11(8-12)26-13-5-6-24-18(28-13)20(21,22)23/h5-6,9,11-12,15H,7-8H2,1-4H3,(H,29,32)(H,24,26,28)(H,25,27,30)/t11-,12-,15-/m0/s1. The molecule has 2 aromatic rings. The van der Waals surface area contributed by atoms with Gasteiger partial charge in [0.15, 0.2) is 5.82 Å². The van der Waals surface area contributed by atoms with Gasteiger partial charge in [-0.15, -0.1) is 0 Å². The molecule has 1 atom stereocenters. The minimum Gasteiger partial charge on any atom is -0.367 e. The van der Waals surface area contributed by atoms with E-state index in [4.69, 9.17) is 0 Å². The minimum absolute atomic E-state index is 0.0190. The van der Waals surface area contributed by atoms with Gasteiger partial charge in [-0.1, -0.05) is 13.8 Å². The first kappa shape index (κ1) is 22.0. The van der Waals surface area contributed by atoms with Crippen molar-refractivity contribution in [2.75, 3.05) is 27.9 Å². The molecule has 0 aromatic carbocycles. The SMILES string of the molecule is Cc1nc(N[C@H]2C[C@H](Nc3ccnc(C(F)(F)F)n3)C2)nc2c1NC(=O)[C@H](C(C)C)N2C. The Bertz CT molecular complexity index is 1020. The molecule has 1 fully saturated rings. The van der Waals surface area contributed by atoms with Gasteiger partial charge in [-0.25, -0.2) is 15.0 Å². The zero-order valence-corrected chi connectivity index (χ0v) is 18.2. The summed E-state index contributed by atoms with van der Waals surface area (Å²) in [5.41, 5.74) is 1.27. The van der Waals surface area contributed by atoms with Crippen LogP contribution in [0.3, 0.4) is 0 Å². The van der Waals surface area contributed by atoms with E-state index in [0.717, 1.165) is 6.20 Å². The first-order chi connectivity index (χ1) is 15.0. The lowest BCUT2D eigenvalue weighted by Crippen LogP contribution is -2.50. The van der Waals surface area contributed by atoms with Gasteiger partial charge in [0.1, 0.15) is 17.5 Å². The van der Waals surface area contributed by atoms with E-state index in [1.54, 1.807) is 0 Å². The normalized spacial score (nSPS) is 22.8. The van der Waals surface area contributed by atoms with Crippen molar-refractivity contribution in [3.63, 3.8) is 0 Å². The quantitative estimate of drug-likeness (QED) is 0.638. The van der Waals surface area contributed by atoms with Crippen LogP contribution in [0.4, 0.5) is 36.4 Å². The summed E-state index contributed by atoms with van der Waals surface area (Å²) in [6.07, 6.45) is -2.14. The van der Waals surface area contributed by atoms with Crippen molar-refractivity contribution >= 4 is 29.2 Å². The Morgan fingerprint density at radius 2 is 1.84 bits per heavy atom. The topological polar surface area (TPSA) is 108 Å². The number of aromatic nitrogens is 4. The molecule has 32 heavy (non-hydrogen) atoms. The maximum Gasteiger partial charge on any atom is 0.451 e. The molecule has 1 aliphatic carbocycles. The molecular formula is C20H25F3N8O. The van der Waals surface area contributed by atoms with Gasteiger partial charge in [0.25, 0.3) is 0 Å². The van der Waals surface area contributed by atoms with Gasteiger partial charge in [0, 0.05) is 25.3 Å². The molecule has 1 saturated carbocycles. The Morgan fingerprint density at radius 1 is 1.16 bits per heavy atom. The lowest BCUT2D eigenvalue weighted by Gasteiger charge is -2.38. The van der Waals surface area contributed by atoms with Crippen molar-refractivity contribution in [3.8, 4) is 0 Å². The molecule has 9 nitrogen and oxygen atoms in total. The van der Waals surface area contributed by atoms with Crippen molar-refractivity contribution in [1.82, 2.24) is 19.9 Å². The van der Waals surface area contributed by atoms with Crippen LogP contribution >= 0.6 is 0 Å². The Hall–Kier alpha value is -3.18. The number of rotatable bonds is 5. The van der Waals surface area contributed by atoms with Crippen molar-refractivity contribution in [2.24, 2.45) is 5.92 Å². The molecule has 0 unspecified atom stereocenters. The van der Waals surface area contributed by atoms with E-state index < -0.39 is 12.0 Å². The molecule has 0 saturated heterocycles. The number of anilines is 4. The first-order valence-electron chi connectivity index (χ1n) is 10.4. The second kappa shape index (κ2) is 8.06. The van der Waals surface area contributed by atoms with Gasteiger partial charge in [-0.05, 0) is 31.7 Å². The van der Waals surface area contributed by atoms with E-state index in [0.29, 0.717) is 36.0 Å². The molecule has 0 spiro atoms. The van der Waals surface area contributed by atoms with E-state index in [9.17, 15) is 18.0 Å². The lowest BCUT2D eigenvalue weighted by molar-refractivity contribution is -0.144. The number of likely N-dealkylation sites (N-methyl/N-ethyl adjacent to an activating group) is 1. The van der Waals surface area contributed by atoms with Crippen LogP contribution in [0.15, 0.2) is 12.3 Å². The number of hydrogen-bond acceptors (Lipinski definition) is 8. The van der Waals surface area contributed by atoms with Crippen LogP contribution in [-0.4, -0.2) is 51.0 Å². The predicted octanol–water partition coefficient (Wildman–Crippen LogP) is 3.06. The third kappa shape index (κ3) is 4.26. The molecule has 172 valence electrons. The van der Waals surface area contributed by atoms with E-state index in [2.05, 4.69) is 35.9 Å². The number of alkyl halides is 3. The zero-order chi connectivity index (χ0) is 23.2. The molecular weight excluding hydrogens is 425 g/mol. The van der Waals surface area contributed by atoms with E-state index in [-0.39, 0.29) is 35.8 Å². The third-order valence-electron chi connectivity index (χ3n) is 5.70. The predicted molar refractivity (Wildman–Crippen MR) is 114 cm³/mol. The Morgan fingerprint density at radius 3 is 2.50 bits per heavy atom. The zero-order valence-electron chi connectivity index (χ0n) is 18.2. The van der Waals surface area contributed by atoms with Gasteiger partial charge in [-0.3, -0.25) is 4.79 Å². The maximum atomic E-state index is 12.8. The third-order valence-corrected chi connectivity index (χ3v) is 5.70. The van der Waals surface area contributed by atoms with Crippen molar-refractivity contribution in [3.05, 3.63) is 23.8 Å². The highest BCUT2D eigenvalue weighted by Crippen LogP contribution is 2.35. The summed E-state index contributed by atoms with van der Waals surface area (Å²) >= 11 is 0. The average Bonchev–Trinajstić information content (AvgIpc) is 2.66. The summed E-state index contributed by atoms with van der Waals surface area (Å²) < 4.78 is 38.3. The molecule has 4 rings (SSSR count). The molecule has 1 amide bonds. The van der Waals surface area contributed by atoms with Crippen LogP contribution in [-0.2, 0) is 11.0 Å². The minimum atomic E-state index is -4.58. The molecule has 0 bridgehead atoms. The summed E-state index contributed by atoms with van der Waals surface area (Å²) in [6, 6.07) is 1.14. The fourth-order valence-corrected chi connectivity index (χ4v) is 4.10. The number of aryl methyl sites for hydroxylation is 1. The monoisotopic (exact) mass is 450 g/mol. The summed E-state index contributed by atoms with van der Waals surface area (Å²) in [5.74, 6) is 0.135. The lowest BCUT2D eigenvalue weighted by atomic mass is 9.87. The smallest absolute Gasteiger partial charge is 0.367 e. The second-order valence-electron chi connectivity index (χ2n) is 8.54. The summed E-state index contributed by atoms with van der Waals surface area (Å²) in [6.45, 7) is 5.78. The fourth-order valence-electron chi connectivity index (χ4n) is 4.10. The fraction of sp³-hybridized carbons (Fsp3) is 0.550. The highest BCUT2D eigenvalue weighted by Gasteiger charge is 2.37. The van der Waals surface area contributed by atoms with Crippen LogP contribution in [0.5, 0.6) is 0 Å². The largest absolute Gasteiger partial charge is 0.451 e. The van der Waals surface area contributed by atoms with Crippen LogP contribution in [0.25, 0.3) is 0 Å². The number of carbonyl (C=O) groups is 1. The molecule has 0 radical (unpaired) electrons. The van der Waals surface area contributed by atoms with Gasteiger partial charge in [0.2, 0.25) is 17.7 Å². The molecule has 12 heteroatoms. The molecule has 3 N–H and O–H groups in total. The second-order valence-corrected chi connectivity index (χ2v) is 8.54. The van der Waals surface area contributed by atoms with Crippen molar-refractivity contribution in [2.45, 2.75) is 57.9 Å². The van der Waals surface area contributed by atoms with Gasteiger partial charge >= 0.3 is 6.18 Å². The number of hydrogen-bond donors (Lipinski definition) is 3. The number of nitrogens with one attached hydrogen (secondary N) is 3. The molecule has 2 aliphatic rings. The molecule has 2 aromatic heterocycles.